The van der Waals surface area contributed by atoms with Crippen molar-refractivity contribution in [1.29, 1.82) is 0 Å². The van der Waals surface area contributed by atoms with E-state index in [-0.39, 0.29) is 0 Å². The van der Waals surface area contributed by atoms with Crippen LogP contribution in [0.3, 0.4) is 0 Å². The number of hydrogen-bond donors (Lipinski definition) is 1. The van der Waals surface area contributed by atoms with Crippen LogP contribution in [-0.2, 0) is 0 Å². The molecule has 0 fully saturated rings. The first-order valence-corrected chi connectivity index (χ1v) is 6.31. The number of ether oxygens (including phenoxy) is 1. The van der Waals surface area contributed by atoms with Crippen LogP contribution in [0.4, 0.5) is 0 Å². The summed E-state index contributed by atoms with van der Waals surface area (Å²) in [5.74, 6) is 0.563. The van der Waals surface area contributed by atoms with E-state index in [9.17, 15) is 5.11 Å². The largest absolute Gasteiger partial charge is 0.495 e. The maximum Gasteiger partial charge on any atom is 0.143 e. The van der Waals surface area contributed by atoms with Crippen LogP contribution < -0.4 is 4.74 Å². The molecule has 1 aromatic carbocycles. The molecule has 0 aliphatic rings. The second-order valence-corrected chi connectivity index (χ2v) is 4.44. The molecule has 4 nitrogen and oxygen atoms in total. The second-order valence-electron chi connectivity index (χ2n) is 4.44. The van der Waals surface area contributed by atoms with Crippen LogP contribution in [0.15, 0.2) is 55.0 Å². The summed E-state index contributed by atoms with van der Waals surface area (Å²) < 4.78 is 5.26. The molecule has 0 aliphatic heterocycles. The molecule has 0 amide bonds. The Balaban J connectivity index is 2.15. The lowest BCUT2D eigenvalue weighted by molar-refractivity contribution is 0.216. The Morgan fingerprint density at radius 3 is 2.75 bits per heavy atom. The maximum absolute atomic E-state index is 10.7. The van der Waals surface area contributed by atoms with Crippen molar-refractivity contribution < 1.29 is 9.84 Å². The summed E-state index contributed by atoms with van der Waals surface area (Å²) in [6, 6.07) is 11.4. The Hall–Kier alpha value is -2.46. The molecular weight excluding hydrogens is 252 g/mol. The van der Waals surface area contributed by atoms with Crippen LogP contribution in [0, 0.1) is 0 Å². The molecule has 0 aliphatic carbocycles. The quantitative estimate of drug-likeness (QED) is 0.792. The fraction of sp³-hybridized carbons (Fsp3) is 0.125. The Labute approximate surface area is 116 Å². The molecule has 4 heteroatoms. The number of hydrogen-bond acceptors (Lipinski definition) is 4. The Morgan fingerprint density at radius 1 is 1.05 bits per heavy atom. The lowest BCUT2D eigenvalue weighted by atomic mass is 9.99. The summed E-state index contributed by atoms with van der Waals surface area (Å²) in [6.45, 7) is 0. The first-order valence-electron chi connectivity index (χ1n) is 6.31. The van der Waals surface area contributed by atoms with Crippen molar-refractivity contribution in [1.82, 2.24) is 9.97 Å². The number of methoxy groups -OCH3 is 1. The molecule has 0 saturated carbocycles. The van der Waals surface area contributed by atoms with Gasteiger partial charge in [-0.05, 0) is 12.1 Å². The lowest BCUT2D eigenvalue weighted by Crippen LogP contribution is -2.04. The first kappa shape index (κ1) is 12.6. The molecule has 1 unspecified atom stereocenters. The van der Waals surface area contributed by atoms with Gasteiger partial charge in [0.25, 0.3) is 0 Å². The number of fused-ring (bicyclic) bond motifs is 1. The van der Waals surface area contributed by atoms with Gasteiger partial charge in [0, 0.05) is 28.9 Å². The van der Waals surface area contributed by atoms with Gasteiger partial charge in [-0.1, -0.05) is 24.3 Å². The van der Waals surface area contributed by atoms with Gasteiger partial charge in [-0.15, -0.1) is 0 Å². The molecule has 20 heavy (non-hydrogen) atoms. The summed E-state index contributed by atoms with van der Waals surface area (Å²) >= 11 is 0. The summed E-state index contributed by atoms with van der Waals surface area (Å²) in [5, 5.41) is 11.7. The highest BCUT2D eigenvalue weighted by molar-refractivity contribution is 5.82. The Morgan fingerprint density at radius 2 is 1.90 bits per heavy atom. The summed E-state index contributed by atoms with van der Waals surface area (Å²) in [7, 11) is 1.56. The number of nitrogens with zero attached hydrogens (tertiary/aromatic N) is 2. The molecule has 2 aromatic heterocycles. The van der Waals surface area contributed by atoms with Crippen LogP contribution in [0.1, 0.15) is 17.2 Å². The second kappa shape index (κ2) is 5.27. The first-order chi connectivity index (χ1) is 9.81. The third-order valence-electron chi connectivity index (χ3n) is 3.29. The SMILES string of the molecule is COc1cnccc1C(O)c1cccc2cccnc12. The van der Waals surface area contributed by atoms with Crippen molar-refractivity contribution in [2.24, 2.45) is 0 Å². The molecule has 1 atom stereocenters. The van der Waals surface area contributed by atoms with Crippen LogP contribution in [0.25, 0.3) is 10.9 Å². The van der Waals surface area contributed by atoms with Crippen molar-refractivity contribution in [3.63, 3.8) is 0 Å². The number of aromatic nitrogens is 2. The number of benzene rings is 1. The van der Waals surface area contributed by atoms with E-state index < -0.39 is 6.10 Å². The number of aliphatic hydroxyl groups is 1. The van der Waals surface area contributed by atoms with E-state index in [1.54, 1.807) is 31.8 Å². The lowest BCUT2D eigenvalue weighted by Gasteiger charge is -2.16. The third-order valence-corrected chi connectivity index (χ3v) is 3.29. The van der Waals surface area contributed by atoms with Gasteiger partial charge in [0.2, 0.25) is 0 Å². The average Bonchev–Trinajstić information content (AvgIpc) is 2.53. The zero-order chi connectivity index (χ0) is 13.9. The van der Waals surface area contributed by atoms with Crippen LogP contribution in [0.2, 0.25) is 0 Å². The average molecular weight is 266 g/mol. The van der Waals surface area contributed by atoms with Gasteiger partial charge < -0.3 is 9.84 Å². The highest BCUT2D eigenvalue weighted by Crippen LogP contribution is 2.32. The van der Waals surface area contributed by atoms with Gasteiger partial charge in [-0.2, -0.15) is 0 Å². The van der Waals surface area contributed by atoms with Gasteiger partial charge in [-0.3, -0.25) is 9.97 Å². The standard InChI is InChI=1S/C16H14N2O2/c1-20-14-10-17-9-7-12(14)16(19)13-6-2-4-11-5-3-8-18-15(11)13/h2-10,16,19H,1H3. The molecule has 3 rings (SSSR count). The van der Waals surface area contributed by atoms with Gasteiger partial charge >= 0.3 is 0 Å². The maximum atomic E-state index is 10.7. The highest BCUT2D eigenvalue weighted by atomic mass is 16.5. The molecule has 1 N–H and O–H groups in total. The van der Waals surface area contributed by atoms with Gasteiger partial charge in [-0.25, -0.2) is 0 Å². The topological polar surface area (TPSA) is 55.2 Å². The third kappa shape index (κ3) is 2.10. The van der Waals surface area contributed by atoms with E-state index in [1.165, 1.54) is 0 Å². The van der Waals surface area contributed by atoms with Crippen LogP contribution in [0.5, 0.6) is 5.75 Å². The van der Waals surface area contributed by atoms with Crippen molar-refractivity contribution in [3.8, 4) is 5.75 Å². The minimum absolute atomic E-state index is 0.563. The number of rotatable bonds is 3. The van der Waals surface area contributed by atoms with Gasteiger partial charge in [0.15, 0.2) is 0 Å². The molecule has 100 valence electrons. The zero-order valence-electron chi connectivity index (χ0n) is 11.0. The fourth-order valence-corrected chi connectivity index (χ4v) is 2.30. The van der Waals surface area contributed by atoms with Crippen molar-refractivity contribution in [2.45, 2.75) is 6.10 Å². The van der Waals surface area contributed by atoms with Gasteiger partial charge in [0.1, 0.15) is 11.9 Å². The van der Waals surface area contributed by atoms with Crippen molar-refractivity contribution in [2.75, 3.05) is 7.11 Å². The minimum atomic E-state index is -0.799. The van der Waals surface area contributed by atoms with Crippen LogP contribution >= 0.6 is 0 Å². The van der Waals surface area contributed by atoms with E-state index in [0.717, 1.165) is 16.5 Å². The molecule has 2 heterocycles. The molecule has 0 bridgehead atoms. The predicted molar refractivity (Wildman–Crippen MR) is 76.6 cm³/mol. The monoisotopic (exact) mass is 266 g/mol. The summed E-state index contributed by atoms with van der Waals surface area (Å²) in [5.41, 5.74) is 2.23. The number of pyridine rings is 2. The number of para-hydroxylation sites is 1. The normalized spacial score (nSPS) is 12.3. The van der Waals surface area contributed by atoms with E-state index >= 15 is 0 Å². The van der Waals surface area contributed by atoms with E-state index in [0.29, 0.717) is 11.3 Å². The predicted octanol–water partition coefficient (Wildman–Crippen LogP) is 2.72. The Kier molecular flexibility index (Phi) is 3.31. The molecular formula is C16H14N2O2. The summed E-state index contributed by atoms with van der Waals surface area (Å²) in [6.07, 6.45) is 4.16. The fourth-order valence-electron chi connectivity index (χ4n) is 2.30. The summed E-state index contributed by atoms with van der Waals surface area (Å²) in [4.78, 5) is 8.37. The highest BCUT2D eigenvalue weighted by Gasteiger charge is 2.18. The Bertz CT molecular complexity index is 738. The van der Waals surface area contributed by atoms with Gasteiger partial charge in [0.05, 0.1) is 18.8 Å². The minimum Gasteiger partial charge on any atom is -0.495 e. The molecule has 0 radical (unpaired) electrons. The van der Waals surface area contributed by atoms with E-state index in [1.807, 2.05) is 30.3 Å². The molecule has 3 aromatic rings. The smallest absolute Gasteiger partial charge is 0.143 e. The van der Waals surface area contributed by atoms with E-state index in [4.69, 9.17) is 4.74 Å². The number of aliphatic hydroxyl groups excluding tert-OH is 1. The zero-order valence-corrected chi connectivity index (χ0v) is 11.0. The molecule has 0 saturated heterocycles. The van der Waals surface area contributed by atoms with Crippen LogP contribution in [-0.4, -0.2) is 22.2 Å². The molecule has 0 spiro atoms. The van der Waals surface area contributed by atoms with Crippen molar-refractivity contribution in [3.05, 3.63) is 66.1 Å². The van der Waals surface area contributed by atoms with E-state index in [2.05, 4.69) is 9.97 Å². The van der Waals surface area contributed by atoms with Crippen molar-refractivity contribution >= 4 is 10.9 Å².